The highest BCUT2D eigenvalue weighted by Gasteiger charge is 2.31. The quantitative estimate of drug-likeness (QED) is 0.639. The Morgan fingerprint density at radius 2 is 1.88 bits per heavy atom. The molecule has 3 rings (SSSR count). The number of nitrogens with two attached hydrogens (primary N) is 1. The molecule has 1 saturated heterocycles. The second-order valence-electron chi connectivity index (χ2n) is 6.82. The number of guanidine groups is 1. The molecule has 1 aromatic rings. The molecule has 0 radical (unpaired) electrons. The van der Waals surface area contributed by atoms with Crippen molar-refractivity contribution in [2.24, 2.45) is 10.7 Å². The molecule has 0 bridgehead atoms. The Hall–Kier alpha value is -1.80. The van der Waals surface area contributed by atoms with Crippen LogP contribution in [0.15, 0.2) is 29.3 Å². The maximum Gasteiger partial charge on any atom is 0.416 e. The van der Waals surface area contributed by atoms with Gasteiger partial charge in [-0.25, -0.2) is 0 Å². The van der Waals surface area contributed by atoms with Crippen LogP contribution >= 0.6 is 0 Å². The molecule has 26 heavy (non-hydrogen) atoms. The standard InChI is InChI=1S/C18H25F3N4O/c1-24(15-6-7-15)17(22)23-12-16(25-8-10-26-11-9-25)13-2-4-14(5-3-13)18(19,20)21/h2-5,15-16H,6-12H2,1H3,(H2,22,23). The third-order valence-electron chi connectivity index (χ3n) is 4.99. The molecule has 1 aliphatic heterocycles. The van der Waals surface area contributed by atoms with E-state index in [1.807, 2.05) is 11.9 Å². The highest BCUT2D eigenvalue weighted by atomic mass is 19.4. The zero-order valence-electron chi connectivity index (χ0n) is 14.9. The molecule has 1 aromatic carbocycles. The highest BCUT2D eigenvalue weighted by Crippen LogP contribution is 2.31. The lowest BCUT2D eigenvalue weighted by Gasteiger charge is -2.34. The van der Waals surface area contributed by atoms with E-state index in [4.69, 9.17) is 10.5 Å². The first-order chi connectivity index (χ1) is 12.4. The fourth-order valence-electron chi connectivity index (χ4n) is 3.16. The van der Waals surface area contributed by atoms with Crippen molar-refractivity contribution in [3.05, 3.63) is 35.4 Å². The third-order valence-corrected chi connectivity index (χ3v) is 4.99. The lowest BCUT2D eigenvalue weighted by molar-refractivity contribution is -0.137. The van der Waals surface area contributed by atoms with Gasteiger partial charge in [0.15, 0.2) is 5.96 Å². The molecule has 2 fully saturated rings. The van der Waals surface area contributed by atoms with E-state index >= 15 is 0 Å². The molecule has 1 heterocycles. The molecule has 8 heteroatoms. The Labute approximate surface area is 151 Å². The number of hydrogen-bond donors (Lipinski definition) is 1. The Bertz CT molecular complexity index is 622. The number of aliphatic imine (C=N–C) groups is 1. The zero-order valence-corrected chi connectivity index (χ0v) is 14.9. The Kier molecular flexibility index (Phi) is 5.72. The van der Waals surface area contributed by atoms with Gasteiger partial charge in [-0.2, -0.15) is 13.2 Å². The zero-order chi connectivity index (χ0) is 18.7. The maximum absolute atomic E-state index is 12.8. The maximum atomic E-state index is 12.8. The Morgan fingerprint density at radius 3 is 2.42 bits per heavy atom. The van der Waals surface area contributed by atoms with Crippen LogP contribution in [0.5, 0.6) is 0 Å². The van der Waals surface area contributed by atoms with Crippen molar-refractivity contribution in [2.45, 2.75) is 31.1 Å². The van der Waals surface area contributed by atoms with Crippen molar-refractivity contribution in [1.82, 2.24) is 9.80 Å². The molecule has 0 spiro atoms. The predicted octanol–water partition coefficient (Wildman–Crippen LogP) is 2.49. The fourth-order valence-corrected chi connectivity index (χ4v) is 3.16. The first kappa shape index (κ1) is 19.0. The summed E-state index contributed by atoms with van der Waals surface area (Å²) in [5.74, 6) is 0.484. The van der Waals surface area contributed by atoms with Crippen LogP contribution < -0.4 is 5.73 Å². The van der Waals surface area contributed by atoms with Gasteiger partial charge in [0, 0.05) is 26.2 Å². The molecule has 2 aliphatic rings. The van der Waals surface area contributed by atoms with E-state index in [2.05, 4.69) is 9.89 Å². The van der Waals surface area contributed by atoms with Gasteiger partial charge in [0.2, 0.25) is 0 Å². The van der Waals surface area contributed by atoms with E-state index in [0.717, 1.165) is 43.6 Å². The van der Waals surface area contributed by atoms with Crippen LogP contribution in [0.3, 0.4) is 0 Å². The summed E-state index contributed by atoms with van der Waals surface area (Å²) in [4.78, 5) is 8.69. The molecule has 1 unspecified atom stereocenters. The summed E-state index contributed by atoms with van der Waals surface area (Å²) in [7, 11) is 1.93. The van der Waals surface area contributed by atoms with Crippen molar-refractivity contribution in [3.63, 3.8) is 0 Å². The first-order valence-corrected chi connectivity index (χ1v) is 8.88. The van der Waals surface area contributed by atoms with Gasteiger partial charge in [-0.05, 0) is 30.5 Å². The van der Waals surface area contributed by atoms with Crippen molar-refractivity contribution in [1.29, 1.82) is 0 Å². The van der Waals surface area contributed by atoms with Gasteiger partial charge in [0.1, 0.15) is 0 Å². The van der Waals surface area contributed by atoms with Gasteiger partial charge in [0.25, 0.3) is 0 Å². The second kappa shape index (κ2) is 7.84. The summed E-state index contributed by atoms with van der Waals surface area (Å²) in [6.45, 7) is 3.07. The molecule has 1 saturated carbocycles. The van der Waals surface area contributed by atoms with Crippen LogP contribution in [-0.4, -0.2) is 61.7 Å². The van der Waals surface area contributed by atoms with Gasteiger partial charge < -0.3 is 15.4 Å². The minimum Gasteiger partial charge on any atom is -0.379 e. The number of halogens is 3. The van der Waals surface area contributed by atoms with Crippen LogP contribution in [0.2, 0.25) is 0 Å². The number of rotatable bonds is 5. The Morgan fingerprint density at radius 1 is 1.27 bits per heavy atom. The van der Waals surface area contributed by atoms with Gasteiger partial charge in [-0.3, -0.25) is 9.89 Å². The van der Waals surface area contributed by atoms with Crippen molar-refractivity contribution >= 4 is 5.96 Å². The molecular weight excluding hydrogens is 345 g/mol. The minimum atomic E-state index is -4.33. The van der Waals surface area contributed by atoms with E-state index in [0.29, 0.717) is 31.8 Å². The van der Waals surface area contributed by atoms with Crippen LogP contribution in [0.4, 0.5) is 13.2 Å². The topological polar surface area (TPSA) is 54.1 Å². The van der Waals surface area contributed by atoms with Gasteiger partial charge in [-0.15, -0.1) is 0 Å². The van der Waals surface area contributed by atoms with Gasteiger partial charge in [0.05, 0.1) is 31.4 Å². The van der Waals surface area contributed by atoms with Gasteiger partial charge in [-0.1, -0.05) is 12.1 Å². The van der Waals surface area contributed by atoms with E-state index in [-0.39, 0.29) is 6.04 Å². The SMILES string of the molecule is CN(C(N)=NCC(c1ccc(C(F)(F)F)cc1)N1CCOCC1)C1CC1. The highest BCUT2D eigenvalue weighted by molar-refractivity contribution is 5.78. The summed E-state index contributed by atoms with van der Waals surface area (Å²) in [5, 5.41) is 0. The molecule has 5 nitrogen and oxygen atoms in total. The van der Waals surface area contributed by atoms with Crippen LogP contribution in [-0.2, 0) is 10.9 Å². The lowest BCUT2D eigenvalue weighted by Crippen LogP contribution is -2.41. The summed E-state index contributed by atoms with van der Waals surface area (Å²) in [5.41, 5.74) is 6.25. The summed E-state index contributed by atoms with van der Waals surface area (Å²) in [6, 6.07) is 5.69. The fraction of sp³-hybridized carbons (Fsp3) is 0.611. The Balaban J connectivity index is 1.77. The molecule has 1 atom stereocenters. The van der Waals surface area contributed by atoms with Crippen molar-refractivity contribution in [3.8, 4) is 0 Å². The number of morpholine rings is 1. The number of hydrogen-bond acceptors (Lipinski definition) is 3. The molecule has 1 aliphatic carbocycles. The summed E-state index contributed by atoms with van der Waals surface area (Å²) >= 11 is 0. The molecule has 144 valence electrons. The van der Waals surface area contributed by atoms with Crippen LogP contribution in [0.25, 0.3) is 0 Å². The summed E-state index contributed by atoms with van der Waals surface area (Å²) in [6.07, 6.45) is -2.08. The van der Waals surface area contributed by atoms with Crippen molar-refractivity contribution in [2.75, 3.05) is 39.9 Å². The van der Waals surface area contributed by atoms with E-state index in [1.165, 1.54) is 0 Å². The summed E-state index contributed by atoms with van der Waals surface area (Å²) < 4.78 is 43.9. The predicted molar refractivity (Wildman–Crippen MR) is 93.9 cm³/mol. The van der Waals surface area contributed by atoms with Gasteiger partial charge >= 0.3 is 6.18 Å². The monoisotopic (exact) mass is 370 g/mol. The van der Waals surface area contributed by atoms with E-state index in [9.17, 15) is 13.2 Å². The van der Waals surface area contributed by atoms with Crippen molar-refractivity contribution < 1.29 is 17.9 Å². The smallest absolute Gasteiger partial charge is 0.379 e. The van der Waals surface area contributed by atoms with Crippen LogP contribution in [0, 0.1) is 0 Å². The van der Waals surface area contributed by atoms with E-state index in [1.54, 1.807) is 12.1 Å². The number of benzene rings is 1. The molecular formula is C18H25F3N4O. The molecule has 0 amide bonds. The third kappa shape index (κ3) is 4.67. The van der Waals surface area contributed by atoms with E-state index < -0.39 is 11.7 Å². The number of ether oxygens (including phenoxy) is 1. The molecule has 2 N–H and O–H groups in total. The number of alkyl halides is 3. The lowest BCUT2D eigenvalue weighted by atomic mass is 10.0. The molecule has 0 aromatic heterocycles. The minimum absolute atomic E-state index is 0.118. The van der Waals surface area contributed by atoms with Crippen LogP contribution in [0.1, 0.15) is 30.0 Å². The average Bonchev–Trinajstić information content (AvgIpc) is 3.47. The second-order valence-corrected chi connectivity index (χ2v) is 6.82. The first-order valence-electron chi connectivity index (χ1n) is 8.88. The average molecular weight is 370 g/mol. The largest absolute Gasteiger partial charge is 0.416 e. The normalized spacial score (nSPS) is 20.8. The number of nitrogens with zero attached hydrogens (tertiary/aromatic N) is 3.